The van der Waals surface area contributed by atoms with Gasteiger partial charge in [0.1, 0.15) is 11.2 Å². The molecule has 3 heteroatoms. The Balaban J connectivity index is 1.24. The van der Waals surface area contributed by atoms with Crippen LogP contribution in [-0.4, -0.2) is 4.57 Å². The quantitative estimate of drug-likeness (QED) is 0.171. The van der Waals surface area contributed by atoms with Gasteiger partial charge < -0.3 is 13.9 Å². The van der Waals surface area contributed by atoms with Crippen LogP contribution in [0.25, 0.3) is 82.1 Å². The second-order valence-corrected chi connectivity index (χ2v) is 15.1. The molecular weight excluding hydrogens is 681 g/mol. The fraction of sp³-hybridized carbons (Fsp3) is 0.0566. The van der Waals surface area contributed by atoms with Gasteiger partial charge >= 0.3 is 0 Å². The number of hydrogen-bond donors (Lipinski definition) is 0. The number of nitrogens with zero attached hydrogens (tertiary/aromatic N) is 2. The Hall–Kier alpha value is -7.10. The lowest BCUT2D eigenvalue weighted by Crippen LogP contribution is -2.12. The Morgan fingerprint density at radius 2 is 1.04 bits per heavy atom. The maximum atomic E-state index is 6.76. The molecule has 11 rings (SSSR count). The Morgan fingerprint density at radius 3 is 1.75 bits per heavy atom. The molecule has 0 fully saturated rings. The third-order valence-electron chi connectivity index (χ3n) is 11.5. The summed E-state index contributed by atoms with van der Waals surface area (Å²) in [6, 6.07) is 68.2. The van der Waals surface area contributed by atoms with Crippen molar-refractivity contribution in [3.8, 4) is 16.8 Å². The van der Waals surface area contributed by atoms with Gasteiger partial charge in [0.15, 0.2) is 0 Å². The topological polar surface area (TPSA) is 21.3 Å². The molecule has 0 amide bonds. The first-order chi connectivity index (χ1) is 27.6. The molecule has 11 aromatic rings. The standard InChI is InChI=1S/C53H38N2O/c1-34(2)38-26-15-29-51-52(38)45-33-50(43-24-8-9-25-44(43)53(45)56-51)54(37-19-14-18-36(32-37)35-16-4-3-5-17-35)48-30-31-49(42-21-7-6-20-41(42)48)55-46-27-12-10-22-39(46)40-23-11-13-28-47(40)55/h3-34H,1-2H3. The van der Waals surface area contributed by atoms with Gasteiger partial charge in [0.2, 0.25) is 0 Å². The van der Waals surface area contributed by atoms with Crippen LogP contribution in [0.5, 0.6) is 0 Å². The molecule has 0 aliphatic rings. The Morgan fingerprint density at radius 1 is 0.446 bits per heavy atom. The van der Waals surface area contributed by atoms with Crippen LogP contribution in [0.2, 0.25) is 0 Å². The molecular formula is C53H38N2O. The summed E-state index contributed by atoms with van der Waals surface area (Å²) in [7, 11) is 0. The highest BCUT2D eigenvalue weighted by atomic mass is 16.3. The van der Waals surface area contributed by atoms with Crippen LogP contribution in [0, 0.1) is 0 Å². The van der Waals surface area contributed by atoms with Gasteiger partial charge in [-0.1, -0.05) is 153 Å². The third kappa shape index (κ3) is 4.91. The Kier molecular flexibility index (Phi) is 7.36. The molecule has 0 spiro atoms. The summed E-state index contributed by atoms with van der Waals surface area (Å²) in [5, 5.41) is 9.41. The summed E-state index contributed by atoms with van der Waals surface area (Å²) in [5.74, 6) is 0.338. The number of fused-ring (bicyclic) bond motifs is 9. The van der Waals surface area contributed by atoms with Gasteiger partial charge in [-0.15, -0.1) is 0 Å². The average Bonchev–Trinajstić information content (AvgIpc) is 3.80. The predicted molar refractivity (Wildman–Crippen MR) is 237 cm³/mol. The molecule has 0 radical (unpaired) electrons. The number of aromatic nitrogens is 1. The zero-order valence-corrected chi connectivity index (χ0v) is 31.3. The molecule has 0 bridgehead atoms. The predicted octanol–water partition coefficient (Wildman–Crippen LogP) is 15.2. The minimum atomic E-state index is 0.338. The lowest BCUT2D eigenvalue weighted by atomic mass is 9.95. The van der Waals surface area contributed by atoms with E-state index >= 15 is 0 Å². The smallest absolute Gasteiger partial charge is 0.143 e. The third-order valence-corrected chi connectivity index (χ3v) is 11.5. The zero-order chi connectivity index (χ0) is 37.3. The van der Waals surface area contributed by atoms with Gasteiger partial charge in [-0.2, -0.15) is 0 Å². The number of hydrogen-bond acceptors (Lipinski definition) is 2. The van der Waals surface area contributed by atoms with E-state index < -0.39 is 0 Å². The van der Waals surface area contributed by atoms with E-state index in [-0.39, 0.29) is 0 Å². The van der Waals surface area contributed by atoms with Crippen LogP contribution >= 0.6 is 0 Å². The molecule has 0 unspecified atom stereocenters. The fourth-order valence-electron chi connectivity index (χ4n) is 9.03. The number of rotatable bonds is 6. The van der Waals surface area contributed by atoms with E-state index in [1.165, 1.54) is 54.7 Å². The van der Waals surface area contributed by atoms with Crippen LogP contribution in [0.15, 0.2) is 192 Å². The Labute approximate surface area is 325 Å². The van der Waals surface area contributed by atoms with E-state index in [0.29, 0.717) is 5.92 Å². The second kappa shape index (κ2) is 12.8. The minimum absolute atomic E-state index is 0.338. The average molecular weight is 719 g/mol. The highest BCUT2D eigenvalue weighted by molar-refractivity contribution is 6.21. The van der Waals surface area contributed by atoms with Crippen LogP contribution in [0.3, 0.4) is 0 Å². The van der Waals surface area contributed by atoms with Crippen LogP contribution in [0.4, 0.5) is 17.1 Å². The van der Waals surface area contributed by atoms with Crippen molar-refractivity contribution in [1.29, 1.82) is 0 Å². The van der Waals surface area contributed by atoms with Crippen LogP contribution < -0.4 is 4.90 Å². The highest BCUT2D eigenvalue weighted by Gasteiger charge is 2.24. The van der Waals surface area contributed by atoms with Crippen molar-refractivity contribution < 1.29 is 4.42 Å². The molecule has 2 aromatic heterocycles. The van der Waals surface area contributed by atoms with E-state index in [2.05, 4.69) is 211 Å². The SMILES string of the molecule is CC(C)c1cccc2oc3c4ccccc4c(N(c4cccc(-c5ccccc5)c4)c4ccc(-n5c6ccccc6c6ccccc65)c5ccccc45)cc3c12. The normalized spacial score (nSPS) is 11.9. The Bertz CT molecular complexity index is 3240. The first kappa shape index (κ1) is 32.3. The van der Waals surface area contributed by atoms with E-state index in [9.17, 15) is 0 Å². The first-order valence-electron chi connectivity index (χ1n) is 19.5. The van der Waals surface area contributed by atoms with Gasteiger partial charge in [-0.3, -0.25) is 0 Å². The first-order valence-corrected chi connectivity index (χ1v) is 19.5. The van der Waals surface area contributed by atoms with Gasteiger partial charge in [-0.05, 0) is 71.1 Å². The maximum absolute atomic E-state index is 6.76. The molecule has 2 heterocycles. The van der Waals surface area contributed by atoms with Gasteiger partial charge in [0.25, 0.3) is 0 Å². The molecule has 0 aliphatic heterocycles. The van der Waals surface area contributed by atoms with E-state index in [1.54, 1.807) is 0 Å². The van der Waals surface area contributed by atoms with Gasteiger partial charge in [-0.25, -0.2) is 0 Å². The largest absolute Gasteiger partial charge is 0.455 e. The lowest BCUT2D eigenvalue weighted by molar-refractivity contribution is 0.672. The number of para-hydroxylation sites is 2. The number of furan rings is 1. The molecule has 9 aromatic carbocycles. The summed E-state index contributed by atoms with van der Waals surface area (Å²) in [6.45, 7) is 4.53. The molecule has 0 N–H and O–H groups in total. The zero-order valence-electron chi connectivity index (χ0n) is 31.3. The van der Waals surface area contributed by atoms with Crippen molar-refractivity contribution in [2.45, 2.75) is 19.8 Å². The summed E-state index contributed by atoms with van der Waals surface area (Å²) >= 11 is 0. The second-order valence-electron chi connectivity index (χ2n) is 15.1. The molecule has 0 atom stereocenters. The van der Waals surface area contributed by atoms with Gasteiger partial charge in [0.05, 0.1) is 28.1 Å². The summed E-state index contributed by atoms with van der Waals surface area (Å²) in [5.41, 5.74) is 12.3. The monoisotopic (exact) mass is 718 g/mol. The maximum Gasteiger partial charge on any atom is 0.143 e. The van der Waals surface area contributed by atoms with Crippen LogP contribution in [-0.2, 0) is 0 Å². The number of benzene rings is 9. The van der Waals surface area contributed by atoms with E-state index in [1.807, 2.05) is 0 Å². The van der Waals surface area contributed by atoms with Crippen molar-refractivity contribution in [2.75, 3.05) is 4.90 Å². The van der Waals surface area contributed by atoms with E-state index in [4.69, 9.17) is 4.42 Å². The van der Waals surface area contributed by atoms with Crippen molar-refractivity contribution in [3.05, 3.63) is 194 Å². The molecule has 0 saturated carbocycles. The van der Waals surface area contributed by atoms with Crippen LogP contribution in [0.1, 0.15) is 25.3 Å². The summed E-state index contributed by atoms with van der Waals surface area (Å²) < 4.78 is 9.19. The van der Waals surface area contributed by atoms with Crippen molar-refractivity contribution >= 4 is 82.4 Å². The molecule has 56 heavy (non-hydrogen) atoms. The van der Waals surface area contributed by atoms with Crippen molar-refractivity contribution in [3.63, 3.8) is 0 Å². The number of anilines is 3. The molecule has 0 aliphatic carbocycles. The van der Waals surface area contributed by atoms with Crippen molar-refractivity contribution in [1.82, 2.24) is 4.57 Å². The van der Waals surface area contributed by atoms with Crippen molar-refractivity contribution in [2.24, 2.45) is 0 Å². The minimum Gasteiger partial charge on any atom is -0.455 e. The van der Waals surface area contributed by atoms with Gasteiger partial charge in [0, 0.05) is 48.8 Å². The molecule has 0 saturated heterocycles. The summed E-state index contributed by atoms with van der Waals surface area (Å²) in [6.07, 6.45) is 0. The fourth-order valence-corrected chi connectivity index (χ4v) is 9.03. The molecule has 266 valence electrons. The summed E-state index contributed by atoms with van der Waals surface area (Å²) in [4.78, 5) is 2.48. The highest BCUT2D eigenvalue weighted by Crippen LogP contribution is 2.48. The molecule has 3 nitrogen and oxygen atoms in total. The lowest BCUT2D eigenvalue weighted by Gasteiger charge is -2.29. The van der Waals surface area contributed by atoms with E-state index in [0.717, 1.165) is 50.1 Å².